The highest BCUT2D eigenvalue weighted by atomic mass is 31.3. The molecular formula is C58H44N7O4P5. The van der Waals surface area contributed by atoms with Gasteiger partial charge in [0.05, 0.1) is 11.4 Å². The second-order valence-corrected chi connectivity index (χ2v) is 28.2. The van der Waals surface area contributed by atoms with Crippen LogP contribution >= 0.6 is 38.7 Å². The van der Waals surface area contributed by atoms with Crippen LogP contribution in [0.4, 0.5) is 23.0 Å². The zero-order valence-corrected chi connectivity index (χ0v) is 43.9. The van der Waals surface area contributed by atoms with Crippen LogP contribution < -0.4 is 59.3 Å². The van der Waals surface area contributed by atoms with Crippen LogP contribution in [0, 0.1) is 0 Å². The molecule has 2 spiro atoms. The topological polar surface area (TPSA) is 106 Å². The summed E-state index contributed by atoms with van der Waals surface area (Å²) in [7, 11) is -13.8. The lowest BCUT2D eigenvalue weighted by Crippen LogP contribution is -2.21. The zero-order chi connectivity index (χ0) is 49.4. The summed E-state index contributed by atoms with van der Waals surface area (Å²) in [5.74, 6) is 3.33. The first kappa shape index (κ1) is 46.2. The predicted molar refractivity (Wildman–Crippen MR) is 306 cm³/mol. The largest absolute Gasteiger partial charge is 0.458 e. The Balaban J connectivity index is 1.08. The van der Waals surface area contributed by atoms with Gasteiger partial charge in [0, 0.05) is 12.4 Å². The minimum Gasteiger partial charge on any atom is -0.424 e. The van der Waals surface area contributed by atoms with Gasteiger partial charge in [0.2, 0.25) is 0 Å². The number of anilines is 4. The fourth-order valence-electron chi connectivity index (χ4n) is 9.18. The molecule has 360 valence electrons. The summed E-state index contributed by atoms with van der Waals surface area (Å²) in [6, 6.07) is 86.2. The fraction of sp³-hybridized carbons (Fsp3) is 0. The Morgan fingerprint density at radius 1 is 0.338 bits per heavy atom. The van der Waals surface area contributed by atoms with Crippen LogP contribution in [0.5, 0.6) is 23.0 Å². The van der Waals surface area contributed by atoms with E-state index in [4.69, 9.17) is 41.6 Å². The molecule has 0 fully saturated rings. The molecule has 13 rings (SSSR count). The van der Waals surface area contributed by atoms with Crippen molar-refractivity contribution < 1.29 is 18.1 Å². The summed E-state index contributed by atoms with van der Waals surface area (Å²) in [6.45, 7) is 0. The van der Waals surface area contributed by atoms with Gasteiger partial charge >= 0.3 is 22.8 Å². The van der Waals surface area contributed by atoms with Crippen LogP contribution in [0.2, 0.25) is 0 Å². The van der Waals surface area contributed by atoms with E-state index in [1.54, 1.807) is 12.4 Å². The van der Waals surface area contributed by atoms with E-state index in [-0.39, 0.29) is 0 Å². The van der Waals surface area contributed by atoms with Gasteiger partial charge in [-0.15, -0.1) is 13.5 Å². The molecule has 0 saturated carbocycles. The van der Waals surface area contributed by atoms with Crippen LogP contribution in [0.15, 0.2) is 281 Å². The highest BCUT2D eigenvalue weighted by molar-refractivity contribution is 7.83. The quantitative estimate of drug-likeness (QED) is 0.111. The van der Waals surface area contributed by atoms with Gasteiger partial charge in [-0.05, 0) is 120 Å². The van der Waals surface area contributed by atoms with Crippen molar-refractivity contribution in [2.75, 3.05) is 9.34 Å². The summed E-state index contributed by atoms with van der Waals surface area (Å²) < 4.78 is 51.4. The summed E-state index contributed by atoms with van der Waals surface area (Å²) in [6.07, 6.45) is 3.52. The number of aromatic nitrogens is 2. The molecular weight excluding hydrogens is 1010 g/mol. The summed E-state index contributed by atoms with van der Waals surface area (Å²) in [5.41, 5.74) is 1.48. The molecule has 2 aromatic heterocycles. The minimum atomic E-state index is -4.14. The molecule has 8 aromatic carbocycles. The predicted octanol–water partition coefficient (Wildman–Crippen LogP) is 14.8. The number of nitrogens with zero attached hydrogens (tertiary/aromatic N) is 7. The van der Waals surface area contributed by atoms with E-state index in [2.05, 4.69) is 146 Å². The molecule has 3 aliphatic rings. The summed E-state index contributed by atoms with van der Waals surface area (Å²) >= 11 is 0. The smallest absolute Gasteiger partial charge is 0.424 e. The maximum Gasteiger partial charge on any atom is 0.458 e. The highest BCUT2D eigenvalue weighted by Crippen LogP contribution is 2.85. The van der Waals surface area contributed by atoms with Gasteiger partial charge < -0.3 is 18.1 Å². The number of hydrogen-bond acceptors (Lipinski definition) is 11. The number of hydrogen-bond donors (Lipinski definition) is 0. The van der Waals surface area contributed by atoms with Gasteiger partial charge in [0.25, 0.3) is 0 Å². The molecule has 3 aliphatic heterocycles. The first-order valence-electron chi connectivity index (χ1n) is 23.9. The molecule has 16 heteroatoms. The van der Waals surface area contributed by atoms with E-state index in [0.717, 1.165) is 22.0 Å². The van der Waals surface area contributed by atoms with E-state index < -0.39 is 38.7 Å². The first-order valence-corrected chi connectivity index (χ1v) is 31.2. The second kappa shape index (κ2) is 19.7. The molecule has 2 atom stereocenters. The van der Waals surface area contributed by atoms with Crippen molar-refractivity contribution in [3.8, 4) is 23.0 Å². The Labute approximate surface area is 432 Å². The van der Waals surface area contributed by atoms with E-state index in [0.29, 0.717) is 34.6 Å². The van der Waals surface area contributed by atoms with Gasteiger partial charge in [-0.1, -0.05) is 182 Å². The van der Waals surface area contributed by atoms with Crippen LogP contribution in [0.3, 0.4) is 0 Å². The maximum absolute atomic E-state index is 7.63. The third-order valence-electron chi connectivity index (χ3n) is 12.2. The number of pyridine rings is 2. The first-order chi connectivity index (χ1) is 36.5. The third-order valence-corrected chi connectivity index (χ3v) is 26.3. The van der Waals surface area contributed by atoms with Gasteiger partial charge in [-0.3, -0.25) is 0 Å². The molecule has 0 saturated heterocycles. The van der Waals surface area contributed by atoms with Crippen molar-refractivity contribution in [2.24, 2.45) is 13.5 Å². The van der Waals surface area contributed by atoms with E-state index >= 15 is 0 Å². The van der Waals surface area contributed by atoms with E-state index in [9.17, 15) is 0 Å². The normalized spacial score (nSPS) is 17.9. The average Bonchev–Trinajstić information content (AvgIpc) is 3.94. The number of fused-ring (bicyclic) bond motifs is 2. The van der Waals surface area contributed by atoms with Crippen molar-refractivity contribution in [3.63, 3.8) is 0 Å². The van der Waals surface area contributed by atoms with Crippen LogP contribution in [-0.2, 0) is 0 Å². The Kier molecular flexibility index (Phi) is 12.3. The van der Waals surface area contributed by atoms with Gasteiger partial charge in [0.15, 0.2) is 11.5 Å². The molecule has 10 aromatic rings. The molecule has 74 heavy (non-hydrogen) atoms. The zero-order valence-electron chi connectivity index (χ0n) is 39.4. The summed E-state index contributed by atoms with van der Waals surface area (Å²) in [5, 5.41) is 6.93. The SMILES string of the molecule is c1ccc(P(c2ccccc2)c2cccc(OP3(Oc4cccc(P(c5ccccc5)c5ccccc5)c4)=NP4(=NP5(=N3)Oc3ccccc3N5c3ccccn3)Oc3ccccc3N4c3ccccn3)c2)cc1. The van der Waals surface area contributed by atoms with Gasteiger partial charge in [-0.25, -0.2) is 19.3 Å². The van der Waals surface area contributed by atoms with Crippen LogP contribution in [0.25, 0.3) is 0 Å². The number of benzene rings is 8. The Morgan fingerprint density at radius 3 is 1.11 bits per heavy atom. The number of para-hydroxylation sites is 4. The van der Waals surface area contributed by atoms with Crippen molar-refractivity contribution >= 4 is 93.5 Å². The molecule has 11 nitrogen and oxygen atoms in total. The highest BCUT2D eigenvalue weighted by Gasteiger charge is 2.56. The molecule has 0 aliphatic carbocycles. The average molecular weight is 1060 g/mol. The summed E-state index contributed by atoms with van der Waals surface area (Å²) in [4.78, 5) is 9.88. The molecule has 2 unspecified atom stereocenters. The second-order valence-electron chi connectivity index (χ2n) is 17.1. The van der Waals surface area contributed by atoms with Gasteiger partial charge in [-0.2, -0.15) is 0 Å². The van der Waals surface area contributed by atoms with Gasteiger partial charge in [0.1, 0.15) is 23.1 Å². The molecule has 0 bridgehead atoms. The van der Waals surface area contributed by atoms with E-state index in [1.165, 1.54) is 21.2 Å². The molecule has 0 N–H and O–H groups in total. The molecule has 0 radical (unpaired) electrons. The number of rotatable bonds is 12. The van der Waals surface area contributed by atoms with Crippen LogP contribution in [0.1, 0.15) is 0 Å². The standard InChI is InChI=1S/C58H44N7O4P5/c1-5-25-47(26-6-1)70(48-27-7-2-8-28-48)51-33-21-23-45(43-51)66-74(67-46-24-22-34-52(44-46)71(49-29-9-3-10-30-49)50-31-11-4-12-32-50)62-72(64(57-39-17-19-41-59-57)53-35-13-15-37-55(53)68-72)61-73(63-74)65(58-40-18-20-42-60-58)54-36-14-16-38-56(54)69-73/h1-44H. The van der Waals surface area contributed by atoms with Crippen molar-refractivity contribution in [1.82, 2.24) is 9.97 Å². The molecule has 0 amide bonds. The van der Waals surface area contributed by atoms with Crippen molar-refractivity contribution in [1.29, 1.82) is 0 Å². The Hall–Kier alpha value is -7.59. The Morgan fingerprint density at radius 2 is 0.703 bits per heavy atom. The third kappa shape index (κ3) is 8.71. The maximum atomic E-state index is 7.63. The lowest BCUT2D eigenvalue weighted by atomic mass is 10.3. The molecule has 5 heterocycles. The monoisotopic (exact) mass is 1060 g/mol. The van der Waals surface area contributed by atoms with Crippen molar-refractivity contribution in [3.05, 3.63) is 267 Å². The van der Waals surface area contributed by atoms with E-state index in [1.807, 2.05) is 119 Å². The fourth-order valence-corrected chi connectivity index (χ4v) is 24.7. The minimum absolute atomic E-state index is 0.509. The lowest BCUT2D eigenvalue weighted by molar-refractivity contribution is 0.476. The van der Waals surface area contributed by atoms with Crippen molar-refractivity contribution in [2.45, 2.75) is 0 Å². The Bertz CT molecular complexity index is 3520. The lowest BCUT2D eigenvalue weighted by Gasteiger charge is -2.36. The van der Waals surface area contributed by atoms with Crippen LogP contribution in [-0.4, -0.2) is 9.97 Å².